The molecule has 9 rings (SSSR count). The van der Waals surface area contributed by atoms with Gasteiger partial charge in [-0.2, -0.15) is 9.97 Å². The summed E-state index contributed by atoms with van der Waals surface area (Å²) >= 11 is 0. The van der Waals surface area contributed by atoms with Crippen LogP contribution in [0.4, 0.5) is 10.6 Å². The highest BCUT2D eigenvalue weighted by Gasteiger charge is 2.50. The van der Waals surface area contributed by atoms with E-state index < -0.39 is 0 Å². The van der Waals surface area contributed by atoms with E-state index in [9.17, 15) is 4.79 Å². The number of hydrogen-bond donors (Lipinski definition) is 0. The van der Waals surface area contributed by atoms with Gasteiger partial charge in [-0.15, -0.1) is 6.42 Å². The summed E-state index contributed by atoms with van der Waals surface area (Å²) in [6.45, 7) is 12.5. The summed E-state index contributed by atoms with van der Waals surface area (Å²) in [5.74, 6) is 6.37. The molecule has 8 heteroatoms. The molecule has 2 bridgehead atoms. The molecule has 4 saturated heterocycles. The first kappa shape index (κ1) is 34.0. The zero-order valence-electron chi connectivity index (χ0n) is 31.5. The van der Waals surface area contributed by atoms with Crippen molar-refractivity contribution in [1.29, 1.82) is 0 Å². The summed E-state index contributed by atoms with van der Waals surface area (Å²) in [7, 11) is 0. The first-order chi connectivity index (χ1) is 25.3. The minimum absolute atomic E-state index is 0.0737. The fourth-order valence-electron chi connectivity index (χ4n) is 11.3. The van der Waals surface area contributed by atoms with Crippen LogP contribution in [0.25, 0.3) is 10.9 Å². The SMILES string of the molecule is C#Cc1c(C)ccc2c1[C@H](c1ccc3c(N4CC5CCC(C5)C4)nc(OCC45CCCN4C(COC(=O)N4CCCC4)CC5)nc3c1C)C[C@H](C)C2. The van der Waals surface area contributed by atoms with E-state index in [1.807, 2.05) is 4.90 Å². The van der Waals surface area contributed by atoms with Crippen LogP contribution in [-0.2, 0) is 11.2 Å². The van der Waals surface area contributed by atoms with Crippen LogP contribution in [0.5, 0.6) is 6.01 Å². The third-order valence-corrected chi connectivity index (χ3v) is 13.9. The Balaban J connectivity index is 1.04. The molecule has 0 N–H and O–H groups in total. The van der Waals surface area contributed by atoms with Crippen LogP contribution in [0.2, 0.25) is 0 Å². The van der Waals surface area contributed by atoms with Gasteiger partial charge in [-0.25, -0.2) is 4.79 Å². The van der Waals surface area contributed by atoms with E-state index >= 15 is 0 Å². The van der Waals surface area contributed by atoms with Gasteiger partial charge in [-0.1, -0.05) is 31.0 Å². The summed E-state index contributed by atoms with van der Waals surface area (Å²) in [5, 5.41) is 1.13. The van der Waals surface area contributed by atoms with E-state index in [4.69, 9.17) is 25.9 Å². The quantitative estimate of drug-likeness (QED) is 0.233. The maximum atomic E-state index is 12.7. The number of anilines is 1. The van der Waals surface area contributed by atoms with Crippen molar-refractivity contribution < 1.29 is 14.3 Å². The standard InChI is InChI=1S/C44H55N5O3/c1-5-35-29(3)9-12-33-21-28(2)22-38(39(33)35)36-13-14-37-40(30(36)4)45-42(46-41(37)48-24-31-10-11-32(23-31)25-48)52-27-44-16-8-20-49(44)34(15-17-44)26-51-43(50)47-18-6-7-19-47/h1,9,12-14,28,31-32,34,38H,6-8,10-11,15-27H2,2-4H3/t28-,31?,32?,34?,38+,44?/m1/s1. The predicted octanol–water partition coefficient (Wildman–Crippen LogP) is 7.79. The summed E-state index contributed by atoms with van der Waals surface area (Å²) in [6.07, 6.45) is 18.6. The van der Waals surface area contributed by atoms with E-state index in [0.717, 1.165) is 118 Å². The number of amides is 1. The highest BCUT2D eigenvalue weighted by atomic mass is 16.6. The number of aryl methyl sites for hydroxylation is 2. The molecule has 0 radical (unpaired) electrons. The molecule has 52 heavy (non-hydrogen) atoms. The summed E-state index contributed by atoms with van der Waals surface area (Å²) < 4.78 is 12.7. The van der Waals surface area contributed by atoms with Crippen molar-refractivity contribution in [3.05, 3.63) is 57.6 Å². The number of aromatic nitrogens is 2. The fraction of sp³-hybridized carbons (Fsp3) is 0.614. The number of rotatable bonds is 7. The average molecular weight is 702 g/mol. The topological polar surface area (TPSA) is 71.0 Å². The number of carbonyl (C=O) groups is 1. The minimum Gasteiger partial charge on any atom is -0.461 e. The van der Waals surface area contributed by atoms with Crippen LogP contribution in [0.15, 0.2) is 24.3 Å². The molecule has 6 atom stereocenters. The molecule has 1 aromatic heterocycles. The molecule has 2 aliphatic carbocycles. The molecular weight excluding hydrogens is 647 g/mol. The van der Waals surface area contributed by atoms with Crippen molar-refractivity contribution in [1.82, 2.24) is 19.8 Å². The molecule has 5 fully saturated rings. The van der Waals surface area contributed by atoms with Gasteiger partial charge < -0.3 is 19.3 Å². The number of benzene rings is 2. The number of likely N-dealkylation sites (tertiary alicyclic amines) is 1. The summed E-state index contributed by atoms with van der Waals surface area (Å²) in [6, 6.07) is 9.87. The van der Waals surface area contributed by atoms with E-state index in [2.05, 4.69) is 60.8 Å². The van der Waals surface area contributed by atoms with Crippen LogP contribution in [0, 0.1) is 43.9 Å². The molecular formula is C44H55N5O3. The number of carbonyl (C=O) groups excluding carboxylic acids is 1. The van der Waals surface area contributed by atoms with Gasteiger partial charge in [0.1, 0.15) is 19.0 Å². The molecule has 0 spiro atoms. The van der Waals surface area contributed by atoms with Gasteiger partial charge >= 0.3 is 12.1 Å². The molecule has 1 amide bonds. The Morgan fingerprint density at radius 2 is 1.79 bits per heavy atom. The highest BCUT2D eigenvalue weighted by Crippen LogP contribution is 2.46. The van der Waals surface area contributed by atoms with Gasteiger partial charge in [0.25, 0.3) is 0 Å². The van der Waals surface area contributed by atoms with Crippen LogP contribution in [0.1, 0.15) is 110 Å². The van der Waals surface area contributed by atoms with Gasteiger partial charge in [0, 0.05) is 49.1 Å². The number of hydrogen-bond acceptors (Lipinski definition) is 7. The molecule has 2 aromatic carbocycles. The van der Waals surface area contributed by atoms with Gasteiger partial charge in [0.05, 0.1) is 11.1 Å². The number of nitrogens with zero attached hydrogens (tertiary/aromatic N) is 5. The second kappa shape index (κ2) is 13.5. The molecule has 274 valence electrons. The van der Waals surface area contributed by atoms with Gasteiger partial charge in [0.2, 0.25) is 0 Å². The molecule has 1 saturated carbocycles. The zero-order valence-corrected chi connectivity index (χ0v) is 31.5. The first-order valence-corrected chi connectivity index (χ1v) is 20.3. The van der Waals surface area contributed by atoms with Crippen molar-refractivity contribution in [2.75, 3.05) is 50.8 Å². The number of fused-ring (bicyclic) bond motifs is 5. The van der Waals surface area contributed by atoms with Gasteiger partial charge in [-0.3, -0.25) is 4.90 Å². The van der Waals surface area contributed by atoms with E-state index in [0.29, 0.717) is 25.1 Å². The Kier molecular flexibility index (Phi) is 8.85. The Hall–Kier alpha value is -3.83. The summed E-state index contributed by atoms with van der Waals surface area (Å²) in [5.41, 5.74) is 8.42. The zero-order chi connectivity index (χ0) is 35.6. The minimum atomic E-state index is -0.153. The molecule has 4 unspecified atom stereocenters. The Labute approximate surface area is 309 Å². The predicted molar refractivity (Wildman–Crippen MR) is 205 cm³/mol. The van der Waals surface area contributed by atoms with Crippen LogP contribution in [0.3, 0.4) is 0 Å². The average Bonchev–Trinajstić information content (AvgIpc) is 3.96. The molecule has 8 nitrogen and oxygen atoms in total. The summed E-state index contributed by atoms with van der Waals surface area (Å²) in [4.78, 5) is 30.2. The maximum Gasteiger partial charge on any atom is 0.409 e. The lowest BCUT2D eigenvalue weighted by Gasteiger charge is -2.35. The molecule has 5 heterocycles. The van der Waals surface area contributed by atoms with Crippen LogP contribution >= 0.6 is 0 Å². The van der Waals surface area contributed by atoms with Gasteiger partial charge in [0.15, 0.2) is 0 Å². The van der Waals surface area contributed by atoms with Crippen molar-refractivity contribution in [3.63, 3.8) is 0 Å². The maximum absolute atomic E-state index is 12.7. The normalized spacial score (nSPS) is 29.7. The van der Waals surface area contributed by atoms with Gasteiger partial charge in [-0.05, 0) is 143 Å². The fourth-order valence-corrected chi connectivity index (χ4v) is 11.3. The van der Waals surface area contributed by atoms with Crippen molar-refractivity contribution >= 4 is 22.8 Å². The highest BCUT2D eigenvalue weighted by molar-refractivity contribution is 5.93. The largest absolute Gasteiger partial charge is 0.461 e. The van der Waals surface area contributed by atoms with Crippen molar-refractivity contribution in [2.45, 2.75) is 109 Å². The lowest BCUT2D eigenvalue weighted by molar-refractivity contribution is 0.0463. The second-order valence-corrected chi connectivity index (χ2v) is 17.3. The molecule has 6 aliphatic rings. The first-order valence-electron chi connectivity index (χ1n) is 20.3. The second-order valence-electron chi connectivity index (χ2n) is 17.3. The van der Waals surface area contributed by atoms with E-state index in [-0.39, 0.29) is 23.6 Å². The molecule has 3 aromatic rings. The lowest BCUT2D eigenvalue weighted by Crippen LogP contribution is -2.48. The third kappa shape index (κ3) is 5.92. The monoisotopic (exact) mass is 701 g/mol. The van der Waals surface area contributed by atoms with Crippen LogP contribution < -0.4 is 9.64 Å². The number of terminal acetylenes is 1. The number of piperidine rings is 1. The number of ether oxygens (including phenoxy) is 2. The smallest absolute Gasteiger partial charge is 0.409 e. The Morgan fingerprint density at radius 3 is 2.58 bits per heavy atom. The lowest BCUT2D eigenvalue weighted by atomic mass is 9.71. The van der Waals surface area contributed by atoms with Crippen molar-refractivity contribution in [2.24, 2.45) is 17.8 Å². The van der Waals surface area contributed by atoms with E-state index in [1.54, 1.807) is 0 Å². The third-order valence-electron chi connectivity index (χ3n) is 13.9. The van der Waals surface area contributed by atoms with Crippen LogP contribution in [-0.4, -0.2) is 83.4 Å². The Morgan fingerprint density at radius 1 is 0.981 bits per heavy atom. The van der Waals surface area contributed by atoms with E-state index in [1.165, 1.54) is 47.1 Å². The van der Waals surface area contributed by atoms with Crippen molar-refractivity contribution in [3.8, 4) is 18.4 Å². The Bertz CT molecular complexity index is 1900. The molecule has 4 aliphatic heterocycles.